The molecule has 34 heavy (non-hydrogen) atoms. The molecule has 1 atom stereocenters. The van der Waals surface area contributed by atoms with Crippen molar-refractivity contribution in [3.8, 4) is 5.75 Å². The van der Waals surface area contributed by atoms with Gasteiger partial charge in [-0.1, -0.05) is 66.9 Å². The number of methoxy groups -OCH3 is 1. The fourth-order valence-electron chi connectivity index (χ4n) is 4.58. The number of carbonyl (C=O) groups is 2. The summed E-state index contributed by atoms with van der Waals surface area (Å²) in [6, 6.07) is 18.9. The molecule has 0 radical (unpaired) electrons. The highest BCUT2D eigenvalue weighted by Gasteiger charge is 2.33. The summed E-state index contributed by atoms with van der Waals surface area (Å²) in [5, 5.41) is 5.21. The Bertz CT molecular complexity index is 1090. The third-order valence-electron chi connectivity index (χ3n) is 6.41. The van der Waals surface area contributed by atoms with E-state index in [9.17, 15) is 9.59 Å². The van der Waals surface area contributed by atoms with Gasteiger partial charge in [-0.25, -0.2) is 0 Å². The van der Waals surface area contributed by atoms with Gasteiger partial charge >= 0.3 is 0 Å². The molecule has 1 heterocycles. The lowest BCUT2D eigenvalue weighted by Crippen LogP contribution is -2.46. The maximum atomic E-state index is 13.7. The van der Waals surface area contributed by atoms with Crippen molar-refractivity contribution in [2.75, 3.05) is 7.11 Å². The highest BCUT2D eigenvalue weighted by atomic mass is 32.1. The number of nitrogens with zero attached hydrogens (tertiary/aromatic N) is 1. The third-order valence-corrected chi connectivity index (χ3v) is 7.29. The van der Waals surface area contributed by atoms with Crippen LogP contribution >= 0.6 is 11.3 Å². The van der Waals surface area contributed by atoms with Gasteiger partial charge in [-0.05, 0) is 42.8 Å². The first-order chi connectivity index (χ1) is 16.5. The van der Waals surface area contributed by atoms with E-state index in [0.717, 1.165) is 47.3 Å². The molecule has 0 unspecified atom stereocenters. The van der Waals surface area contributed by atoms with Gasteiger partial charge in [0.1, 0.15) is 11.8 Å². The van der Waals surface area contributed by atoms with E-state index in [1.165, 1.54) is 0 Å². The Hall–Kier alpha value is -3.12. The Morgan fingerprint density at radius 1 is 1.06 bits per heavy atom. The molecule has 3 aromatic rings. The van der Waals surface area contributed by atoms with E-state index in [-0.39, 0.29) is 30.8 Å². The van der Waals surface area contributed by atoms with E-state index in [4.69, 9.17) is 4.74 Å². The predicted molar refractivity (Wildman–Crippen MR) is 136 cm³/mol. The molecule has 0 spiro atoms. The van der Waals surface area contributed by atoms with Gasteiger partial charge in [0.05, 0.1) is 20.1 Å². The van der Waals surface area contributed by atoms with Crippen molar-refractivity contribution in [1.29, 1.82) is 0 Å². The minimum Gasteiger partial charge on any atom is -0.496 e. The van der Waals surface area contributed by atoms with Gasteiger partial charge < -0.3 is 15.0 Å². The number of rotatable bonds is 9. The summed E-state index contributed by atoms with van der Waals surface area (Å²) in [7, 11) is 1.63. The van der Waals surface area contributed by atoms with Gasteiger partial charge in [0, 0.05) is 16.5 Å². The summed E-state index contributed by atoms with van der Waals surface area (Å²) in [6.45, 7) is 2.30. The number of amides is 2. The van der Waals surface area contributed by atoms with Gasteiger partial charge in [0.25, 0.3) is 0 Å². The lowest BCUT2D eigenvalue weighted by Gasteiger charge is -2.33. The van der Waals surface area contributed by atoms with Crippen molar-refractivity contribution in [2.24, 2.45) is 0 Å². The van der Waals surface area contributed by atoms with Crippen molar-refractivity contribution in [3.05, 3.63) is 87.6 Å². The fourth-order valence-corrected chi connectivity index (χ4v) is 5.27. The maximum absolute atomic E-state index is 13.7. The number of para-hydroxylation sites is 1. The van der Waals surface area contributed by atoms with Crippen LogP contribution in [-0.4, -0.2) is 29.9 Å². The minimum atomic E-state index is -0.724. The molecule has 1 N–H and O–H groups in total. The first-order valence-electron chi connectivity index (χ1n) is 11.9. The van der Waals surface area contributed by atoms with Gasteiger partial charge in [-0.15, -0.1) is 11.3 Å². The molecule has 2 amide bonds. The first kappa shape index (κ1) is 24.0. The standard InChI is InChI=1S/C28H32N2O3S/c1-20-13-15-21(16-14-20)27(28(32)29-23-9-4-5-10-23)30(26(31)18-24-11-7-17-34-24)19-22-8-3-6-12-25(22)33-2/h3,6-8,11-17,23,27H,4-5,9-10,18-19H2,1-2H3,(H,29,32)/t27-/m0/s1. The molecular formula is C28H32N2O3S. The van der Waals surface area contributed by atoms with Crippen LogP contribution in [0.15, 0.2) is 66.0 Å². The summed E-state index contributed by atoms with van der Waals surface area (Å²) >= 11 is 1.55. The second kappa shape index (κ2) is 11.3. The molecule has 1 aliphatic rings. The van der Waals surface area contributed by atoms with Crippen LogP contribution in [0, 0.1) is 6.92 Å². The van der Waals surface area contributed by atoms with Crippen LogP contribution in [0.1, 0.15) is 53.3 Å². The zero-order valence-electron chi connectivity index (χ0n) is 19.8. The summed E-state index contributed by atoms with van der Waals surface area (Å²) < 4.78 is 5.56. The van der Waals surface area contributed by atoms with Crippen LogP contribution in [0.3, 0.4) is 0 Å². The number of hydrogen-bond donors (Lipinski definition) is 1. The molecule has 1 aromatic heterocycles. The molecule has 0 saturated heterocycles. The van der Waals surface area contributed by atoms with Crippen LogP contribution < -0.4 is 10.1 Å². The molecule has 4 rings (SSSR count). The van der Waals surface area contributed by atoms with Crippen molar-refractivity contribution in [2.45, 2.75) is 57.7 Å². The number of ether oxygens (including phenoxy) is 1. The van der Waals surface area contributed by atoms with Gasteiger partial charge in [0.15, 0.2) is 0 Å². The number of aryl methyl sites for hydroxylation is 1. The zero-order chi connectivity index (χ0) is 23.9. The van der Waals surface area contributed by atoms with Gasteiger partial charge in [-0.2, -0.15) is 0 Å². The van der Waals surface area contributed by atoms with Crippen molar-refractivity contribution in [1.82, 2.24) is 10.2 Å². The largest absolute Gasteiger partial charge is 0.496 e. The van der Waals surface area contributed by atoms with Crippen LogP contribution in [0.5, 0.6) is 5.75 Å². The normalized spacial score (nSPS) is 14.5. The molecule has 2 aromatic carbocycles. The topological polar surface area (TPSA) is 58.6 Å². The Morgan fingerprint density at radius 3 is 2.47 bits per heavy atom. The van der Waals surface area contributed by atoms with Crippen LogP contribution in [0.25, 0.3) is 0 Å². The van der Waals surface area contributed by atoms with Gasteiger partial charge in [0.2, 0.25) is 11.8 Å². The Labute approximate surface area is 205 Å². The van der Waals surface area contributed by atoms with E-state index >= 15 is 0 Å². The first-order valence-corrected chi connectivity index (χ1v) is 12.7. The van der Waals surface area contributed by atoms with Crippen LogP contribution in [0.4, 0.5) is 0 Å². The molecule has 1 fully saturated rings. The molecule has 6 heteroatoms. The van der Waals surface area contributed by atoms with Crippen molar-refractivity contribution in [3.63, 3.8) is 0 Å². The second-order valence-electron chi connectivity index (χ2n) is 8.89. The molecule has 178 valence electrons. The van der Waals surface area contributed by atoms with E-state index in [1.54, 1.807) is 23.3 Å². The predicted octanol–water partition coefficient (Wildman–Crippen LogP) is 5.44. The number of thiophene rings is 1. The molecule has 5 nitrogen and oxygen atoms in total. The fraction of sp³-hybridized carbons (Fsp3) is 0.357. The minimum absolute atomic E-state index is 0.0829. The van der Waals surface area contributed by atoms with Crippen LogP contribution in [-0.2, 0) is 22.6 Å². The van der Waals surface area contributed by atoms with E-state index in [0.29, 0.717) is 5.75 Å². The summed E-state index contributed by atoms with van der Waals surface area (Å²) in [6.07, 6.45) is 4.49. The monoisotopic (exact) mass is 476 g/mol. The molecule has 1 aliphatic carbocycles. The third kappa shape index (κ3) is 5.86. The summed E-state index contributed by atoms with van der Waals surface area (Å²) in [5.41, 5.74) is 2.80. The van der Waals surface area contributed by atoms with Gasteiger partial charge in [-0.3, -0.25) is 9.59 Å². The lowest BCUT2D eigenvalue weighted by atomic mass is 10.0. The molecule has 0 aliphatic heterocycles. The van der Waals surface area contributed by atoms with Crippen molar-refractivity contribution >= 4 is 23.2 Å². The van der Waals surface area contributed by atoms with E-state index < -0.39 is 6.04 Å². The van der Waals surface area contributed by atoms with Crippen molar-refractivity contribution < 1.29 is 14.3 Å². The summed E-state index contributed by atoms with van der Waals surface area (Å²) in [4.78, 5) is 30.2. The Balaban J connectivity index is 1.72. The second-order valence-corrected chi connectivity index (χ2v) is 9.93. The quantitative estimate of drug-likeness (QED) is 0.448. The zero-order valence-corrected chi connectivity index (χ0v) is 20.6. The molecule has 1 saturated carbocycles. The number of carbonyl (C=O) groups excluding carboxylic acids is 2. The number of hydrogen-bond acceptors (Lipinski definition) is 4. The summed E-state index contributed by atoms with van der Waals surface area (Å²) in [5.74, 6) is 0.501. The van der Waals surface area contributed by atoms with E-state index in [1.807, 2.05) is 73.0 Å². The molecule has 0 bridgehead atoms. The lowest BCUT2D eigenvalue weighted by molar-refractivity contribution is -0.141. The average Bonchev–Trinajstić information content (AvgIpc) is 3.54. The maximum Gasteiger partial charge on any atom is 0.247 e. The van der Waals surface area contributed by atoms with E-state index in [2.05, 4.69) is 5.32 Å². The Morgan fingerprint density at radius 2 is 1.79 bits per heavy atom. The number of benzene rings is 2. The Kier molecular flexibility index (Phi) is 8.01. The SMILES string of the molecule is COc1ccccc1CN(C(=O)Cc1cccs1)[C@H](C(=O)NC1CCCC1)c1ccc(C)cc1. The average molecular weight is 477 g/mol. The highest BCUT2D eigenvalue weighted by Crippen LogP contribution is 2.29. The smallest absolute Gasteiger partial charge is 0.247 e. The number of nitrogens with one attached hydrogen (secondary N) is 1. The molecular weight excluding hydrogens is 444 g/mol. The highest BCUT2D eigenvalue weighted by molar-refractivity contribution is 7.10. The van der Waals surface area contributed by atoms with Crippen LogP contribution in [0.2, 0.25) is 0 Å².